The minimum Gasteiger partial charge on any atom is -0.467 e. The average Bonchev–Trinajstić information content (AvgIpc) is 2.70. The number of carbonyl (C=O) groups is 2. The molecule has 0 aromatic carbocycles. The third-order valence-corrected chi connectivity index (χ3v) is 4.62. The summed E-state index contributed by atoms with van der Waals surface area (Å²) in [5, 5.41) is 9.51. The number of hydrogen-bond acceptors (Lipinski definition) is 4. The molecule has 6 nitrogen and oxygen atoms in total. The summed E-state index contributed by atoms with van der Waals surface area (Å²) in [7, 11) is 1.31. The SMILES string of the molecule is COC(=O)[C@@H]1OC(C)(C)N(C(=O)O)[C@H]1CC1CCCCC1. The number of amides is 1. The van der Waals surface area contributed by atoms with Crippen molar-refractivity contribution in [1.29, 1.82) is 0 Å². The molecule has 1 aliphatic carbocycles. The first-order valence-electron chi connectivity index (χ1n) is 7.64. The molecule has 2 atom stereocenters. The van der Waals surface area contributed by atoms with E-state index in [1.165, 1.54) is 31.3 Å². The van der Waals surface area contributed by atoms with Gasteiger partial charge in [0.15, 0.2) is 6.10 Å². The first-order valence-corrected chi connectivity index (χ1v) is 7.64. The van der Waals surface area contributed by atoms with Gasteiger partial charge in [0, 0.05) is 0 Å². The Bertz CT molecular complexity index is 403. The Balaban J connectivity index is 2.20. The monoisotopic (exact) mass is 299 g/mol. The molecule has 1 aliphatic heterocycles. The maximum atomic E-state index is 12.0. The fourth-order valence-corrected chi connectivity index (χ4v) is 3.67. The Labute approximate surface area is 125 Å². The Kier molecular flexibility index (Phi) is 4.76. The predicted molar refractivity (Wildman–Crippen MR) is 75.8 cm³/mol. The van der Waals surface area contributed by atoms with Gasteiger partial charge in [-0.25, -0.2) is 9.59 Å². The third-order valence-electron chi connectivity index (χ3n) is 4.62. The Morgan fingerprint density at radius 1 is 1.29 bits per heavy atom. The van der Waals surface area contributed by atoms with Crippen LogP contribution in [0.1, 0.15) is 52.4 Å². The number of carbonyl (C=O) groups excluding carboxylic acids is 1. The molecule has 1 heterocycles. The lowest BCUT2D eigenvalue weighted by atomic mass is 9.83. The van der Waals surface area contributed by atoms with Crippen LogP contribution in [0.2, 0.25) is 0 Å². The molecule has 1 amide bonds. The van der Waals surface area contributed by atoms with Gasteiger partial charge in [-0.15, -0.1) is 0 Å². The van der Waals surface area contributed by atoms with E-state index >= 15 is 0 Å². The molecule has 21 heavy (non-hydrogen) atoms. The molecule has 0 radical (unpaired) electrons. The smallest absolute Gasteiger partial charge is 0.409 e. The molecule has 0 unspecified atom stereocenters. The maximum Gasteiger partial charge on any atom is 0.409 e. The van der Waals surface area contributed by atoms with Crippen molar-refractivity contribution in [2.24, 2.45) is 5.92 Å². The van der Waals surface area contributed by atoms with Gasteiger partial charge in [0.2, 0.25) is 0 Å². The zero-order chi connectivity index (χ0) is 15.6. The van der Waals surface area contributed by atoms with Gasteiger partial charge in [-0.3, -0.25) is 4.90 Å². The number of ether oxygens (including phenoxy) is 2. The first kappa shape index (κ1) is 16.1. The summed E-state index contributed by atoms with van der Waals surface area (Å²) in [5.74, 6) is -0.0390. The van der Waals surface area contributed by atoms with E-state index in [1.54, 1.807) is 13.8 Å². The van der Waals surface area contributed by atoms with Crippen LogP contribution < -0.4 is 0 Å². The largest absolute Gasteiger partial charge is 0.467 e. The van der Waals surface area contributed by atoms with E-state index in [2.05, 4.69) is 0 Å². The van der Waals surface area contributed by atoms with Crippen molar-refractivity contribution >= 4 is 12.1 Å². The van der Waals surface area contributed by atoms with Crippen LogP contribution in [0.3, 0.4) is 0 Å². The molecular formula is C15H25NO5. The number of rotatable bonds is 3. The average molecular weight is 299 g/mol. The van der Waals surface area contributed by atoms with Crippen molar-refractivity contribution in [3.05, 3.63) is 0 Å². The van der Waals surface area contributed by atoms with Crippen LogP contribution in [0.25, 0.3) is 0 Å². The third kappa shape index (κ3) is 3.31. The van der Waals surface area contributed by atoms with Crippen LogP contribution in [0.4, 0.5) is 4.79 Å². The molecule has 6 heteroatoms. The molecule has 2 rings (SSSR count). The fraction of sp³-hybridized carbons (Fsp3) is 0.867. The molecule has 0 aromatic rings. The van der Waals surface area contributed by atoms with Gasteiger partial charge in [0.05, 0.1) is 13.2 Å². The van der Waals surface area contributed by atoms with E-state index in [4.69, 9.17) is 9.47 Å². The summed E-state index contributed by atoms with van der Waals surface area (Å²) in [6.07, 6.45) is 4.57. The van der Waals surface area contributed by atoms with Crippen molar-refractivity contribution < 1.29 is 24.2 Å². The van der Waals surface area contributed by atoms with Gasteiger partial charge in [-0.1, -0.05) is 32.1 Å². The molecule has 0 spiro atoms. The van der Waals surface area contributed by atoms with Crippen LogP contribution in [0.15, 0.2) is 0 Å². The number of methoxy groups -OCH3 is 1. The summed E-state index contributed by atoms with van der Waals surface area (Å²) in [5.41, 5.74) is -1.01. The van der Waals surface area contributed by atoms with Crippen molar-refractivity contribution in [3.8, 4) is 0 Å². The topological polar surface area (TPSA) is 76.1 Å². The molecule has 1 saturated carbocycles. The van der Waals surface area contributed by atoms with Gasteiger partial charge in [-0.05, 0) is 26.2 Å². The van der Waals surface area contributed by atoms with Crippen LogP contribution in [0, 0.1) is 5.92 Å². The van der Waals surface area contributed by atoms with E-state index < -0.39 is 29.9 Å². The molecular weight excluding hydrogens is 274 g/mol. The summed E-state index contributed by atoms with van der Waals surface area (Å²) in [6, 6.07) is -0.465. The fourth-order valence-electron chi connectivity index (χ4n) is 3.67. The molecule has 1 N–H and O–H groups in total. The van der Waals surface area contributed by atoms with Gasteiger partial charge < -0.3 is 14.6 Å². The zero-order valence-corrected chi connectivity index (χ0v) is 13.0. The first-order chi connectivity index (χ1) is 9.86. The Hall–Kier alpha value is -1.30. The quantitative estimate of drug-likeness (QED) is 0.811. The van der Waals surface area contributed by atoms with Crippen LogP contribution in [-0.4, -0.2) is 47.0 Å². The van der Waals surface area contributed by atoms with E-state index in [0.717, 1.165) is 12.8 Å². The molecule has 0 bridgehead atoms. The normalized spacial score (nSPS) is 29.4. The highest BCUT2D eigenvalue weighted by Gasteiger charge is 2.53. The second-order valence-corrected chi connectivity index (χ2v) is 6.47. The molecule has 1 saturated heterocycles. The second kappa shape index (κ2) is 6.22. The van der Waals surface area contributed by atoms with Gasteiger partial charge in [-0.2, -0.15) is 0 Å². The van der Waals surface area contributed by atoms with Gasteiger partial charge in [0.25, 0.3) is 0 Å². The van der Waals surface area contributed by atoms with E-state index in [-0.39, 0.29) is 0 Å². The number of esters is 1. The highest BCUT2D eigenvalue weighted by Crippen LogP contribution is 2.38. The lowest BCUT2D eigenvalue weighted by Gasteiger charge is -2.33. The van der Waals surface area contributed by atoms with Crippen LogP contribution in [0.5, 0.6) is 0 Å². The van der Waals surface area contributed by atoms with Crippen molar-refractivity contribution in [2.45, 2.75) is 70.2 Å². The summed E-state index contributed by atoms with van der Waals surface area (Å²) in [4.78, 5) is 24.9. The van der Waals surface area contributed by atoms with Gasteiger partial charge >= 0.3 is 12.1 Å². The van der Waals surface area contributed by atoms with Crippen molar-refractivity contribution in [2.75, 3.05) is 7.11 Å². The van der Waals surface area contributed by atoms with E-state index in [0.29, 0.717) is 12.3 Å². The van der Waals surface area contributed by atoms with Gasteiger partial charge in [0.1, 0.15) is 5.72 Å². The number of carboxylic acid groups (broad SMARTS) is 1. The predicted octanol–water partition coefficient (Wildman–Crippen LogP) is 2.61. The number of hydrogen-bond donors (Lipinski definition) is 1. The van der Waals surface area contributed by atoms with Crippen molar-refractivity contribution in [1.82, 2.24) is 4.90 Å². The van der Waals surface area contributed by atoms with E-state index in [1.807, 2.05) is 0 Å². The highest BCUT2D eigenvalue weighted by atomic mass is 16.6. The molecule has 2 fully saturated rings. The minimum absolute atomic E-state index is 0.454. The highest BCUT2D eigenvalue weighted by molar-refractivity contribution is 5.78. The second-order valence-electron chi connectivity index (χ2n) is 6.47. The molecule has 0 aromatic heterocycles. The van der Waals surface area contributed by atoms with Crippen LogP contribution >= 0.6 is 0 Å². The molecule has 120 valence electrons. The number of nitrogens with zero attached hydrogens (tertiary/aromatic N) is 1. The minimum atomic E-state index is -1.05. The van der Waals surface area contributed by atoms with E-state index in [9.17, 15) is 14.7 Å². The maximum absolute atomic E-state index is 12.0. The Morgan fingerprint density at radius 3 is 2.43 bits per heavy atom. The summed E-state index contributed by atoms with van der Waals surface area (Å²) < 4.78 is 10.5. The molecule has 2 aliphatic rings. The standard InChI is InChI=1S/C15H25NO5/c1-15(2)16(14(18)19)11(12(21-15)13(17)20-3)9-10-7-5-4-6-8-10/h10-12H,4-9H2,1-3H3,(H,18,19)/t11-,12+/m0/s1. The Morgan fingerprint density at radius 2 is 1.90 bits per heavy atom. The lowest BCUT2D eigenvalue weighted by Crippen LogP contribution is -2.49. The summed E-state index contributed by atoms with van der Waals surface area (Å²) >= 11 is 0. The zero-order valence-electron chi connectivity index (χ0n) is 13.0. The lowest BCUT2D eigenvalue weighted by molar-refractivity contribution is -0.158. The van der Waals surface area contributed by atoms with Crippen molar-refractivity contribution in [3.63, 3.8) is 0 Å². The summed E-state index contributed by atoms with van der Waals surface area (Å²) in [6.45, 7) is 3.36. The van der Waals surface area contributed by atoms with Crippen LogP contribution in [-0.2, 0) is 14.3 Å².